The highest BCUT2D eigenvalue weighted by atomic mass is 35.5. The van der Waals surface area contributed by atoms with Crippen molar-refractivity contribution in [2.45, 2.75) is 0 Å². The molecule has 2 heterocycles. The van der Waals surface area contributed by atoms with Crippen LogP contribution in [-0.4, -0.2) is 6.71 Å². The molecule has 132 valence electrons. The first-order chi connectivity index (χ1) is 13.8. The van der Waals surface area contributed by atoms with Crippen molar-refractivity contribution in [1.82, 2.24) is 0 Å². The van der Waals surface area contributed by atoms with Gasteiger partial charge in [-0.2, -0.15) is 0 Å². The Bertz CT molecular complexity index is 1240. The molecule has 2 aliphatic rings. The van der Waals surface area contributed by atoms with Crippen LogP contribution in [0.1, 0.15) is 0 Å². The first-order valence-electron chi connectivity index (χ1n) is 9.25. The second-order valence-electron chi connectivity index (χ2n) is 7.11. The molecule has 28 heavy (non-hydrogen) atoms. The monoisotopic (exact) mass is 380 g/mol. The molecule has 0 unspecified atom stereocenters. The van der Waals surface area contributed by atoms with Crippen LogP contribution in [-0.2, 0) is 0 Å². The Hall–Kier alpha value is -3.17. The molecule has 0 bridgehead atoms. The summed E-state index contributed by atoms with van der Waals surface area (Å²) in [6.07, 6.45) is 0. The van der Waals surface area contributed by atoms with E-state index in [4.69, 9.17) is 21.1 Å². The smallest absolute Gasteiger partial charge is 0.260 e. The summed E-state index contributed by atoms with van der Waals surface area (Å²) in [5.41, 5.74) is 5.58. The molecule has 0 aromatic heterocycles. The minimum atomic E-state index is 0.0437. The van der Waals surface area contributed by atoms with E-state index in [1.807, 2.05) is 54.6 Å². The summed E-state index contributed by atoms with van der Waals surface area (Å²) < 4.78 is 12.5. The van der Waals surface area contributed by atoms with E-state index in [1.54, 1.807) is 0 Å². The van der Waals surface area contributed by atoms with E-state index in [2.05, 4.69) is 30.3 Å². The Morgan fingerprint density at radius 2 is 1.36 bits per heavy atom. The van der Waals surface area contributed by atoms with Gasteiger partial charge in [-0.3, -0.25) is 0 Å². The normalized spacial score (nSPS) is 13.0. The molecule has 0 radical (unpaired) electrons. The Balaban J connectivity index is 1.59. The minimum Gasteiger partial charge on any atom is -0.458 e. The quantitative estimate of drug-likeness (QED) is 0.384. The molecule has 4 aromatic carbocycles. The van der Waals surface area contributed by atoms with Crippen LogP contribution in [0.25, 0.3) is 11.1 Å². The first kappa shape index (κ1) is 15.9. The number of halogens is 1. The van der Waals surface area contributed by atoms with Crippen LogP contribution >= 0.6 is 11.6 Å². The fourth-order valence-electron chi connectivity index (χ4n) is 4.21. The molecule has 0 amide bonds. The second kappa shape index (κ2) is 5.92. The lowest BCUT2D eigenvalue weighted by Crippen LogP contribution is -2.57. The Labute approximate surface area is 168 Å². The standard InChI is InChI=1S/C24H14BClO2/c26-17-10-12-20-19(14-17)25-18-11-9-16(15-5-2-1-3-6-15)13-23(18)28-22-8-4-7-21(27-20)24(22)25/h1-14H. The fourth-order valence-corrected chi connectivity index (χ4v) is 4.39. The third-order valence-electron chi connectivity index (χ3n) is 5.47. The maximum absolute atomic E-state index is 6.33. The summed E-state index contributed by atoms with van der Waals surface area (Å²) in [4.78, 5) is 0. The maximum Gasteiger partial charge on any atom is 0.260 e. The molecule has 6 rings (SSSR count). The number of benzene rings is 4. The number of fused-ring (bicyclic) bond motifs is 4. The first-order valence-corrected chi connectivity index (χ1v) is 9.63. The van der Waals surface area contributed by atoms with E-state index >= 15 is 0 Å². The summed E-state index contributed by atoms with van der Waals surface area (Å²) >= 11 is 6.33. The van der Waals surface area contributed by atoms with Crippen LogP contribution in [0.2, 0.25) is 5.02 Å². The van der Waals surface area contributed by atoms with Crippen molar-refractivity contribution in [2.24, 2.45) is 0 Å². The number of rotatable bonds is 1. The lowest BCUT2D eigenvalue weighted by atomic mass is 9.35. The van der Waals surface area contributed by atoms with Crippen LogP contribution < -0.4 is 25.9 Å². The number of ether oxygens (including phenoxy) is 2. The zero-order valence-corrected chi connectivity index (χ0v) is 15.6. The predicted molar refractivity (Wildman–Crippen MR) is 115 cm³/mol. The van der Waals surface area contributed by atoms with Crippen LogP contribution in [0.15, 0.2) is 84.9 Å². The molecule has 0 atom stereocenters. The highest BCUT2D eigenvalue weighted by molar-refractivity contribution is 6.98. The van der Waals surface area contributed by atoms with Crippen LogP contribution in [0.5, 0.6) is 23.0 Å². The predicted octanol–water partition coefficient (Wildman–Crippen LogP) is 4.73. The summed E-state index contributed by atoms with van der Waals surface area (Å²) in [6, 6.07) is 28.6. The molecule has 0 spiro atoms. The van der Waals surface area contributed by atoms with Crippen molar-refractivity contribution in [1.29, 1.82) is 0 Å². The van der Waals surface area contributed by atoms with Gasteiger partial charge in [0.2, 0.25) is 0 Å². The molecule has 0 fully saturated rings. The fraction of sp³-hybridized carbons (Fsp3) is 0. The van der Waals surface area contributed by atoms with Crippen LogP contribution in [0.3, 0.4) is 0 Å². The van der Waals surface area contributed by atoms with E-state index in [-0.39, 0.29) is 6.71 Å². The molecule has 2 aliphatic heterocycles. The van der Waals surface area contributed by atoms with Crippen molar-refractivity contribution in [3.05, 3.63) is 90.0 Å². The lowest BCUT2D eigenvalue weighted by Gasteiger charge is -2.33. The van der Waals surface area contributed by atoms with Crippen molar-refractivity contribution in [3.8, 4) is 34.1 Å². The van der Waals surface area contributed by atoms with Crippen molar-refractivity contribution >= 4 is 34.7 Å². The summed E-state index contributed by atoms with van der Waals surface area (Å²) in [5, 5.41) is 0.706. The zero-order valence-electron chi connectivity index (χ0n) is 14.9. The SMILES string of the molecule is Clc1ccc2c(c1)B1c3ccc(-c4ccccc4)cc3Oc3cccc(c31)O2. The maximum atomic E-state index is 6.33. The highest BCUT2D eigenvalue weighted by Gasteiger charge is 2.40. The molecule has 0 N–H and O–H groups in total. The van der Waals surface area contributed by atoms with Gasteiger partial charge >= 0.3 is 0 Å². The molecule has 4 aromatic rings. The number of hydrogen-bond donors (Lipinski definition) is 0. The molecular formula is C24H14BClO2. The Morgan fingerprint density at radius 1 is 0.571 bits per heavy atom. The molecule has 0 aliphatic carbocycles. The van der Waals surface area contributed by atoms with Gasteiger partial charge in [0, 0.05) is 10.5 Å². The van der Waals surface area contributed by atoms with Gasteiger partial charge in [0.1, 0.15) is 23.0 Å². The highest BCUT2D eigenvalue weighted by Crippen LogP contribution is 2.36. The molecular weight excluding hydrogens is 367 g/mol. The summed E-state index contributed by atoms with van der Waals surface area (Å²) in [6.45, 7) is 0.0437. The van der Waals surface area contributed by atoms with E-state index in [1.165, 1.54) is 5.56 Å². The number of hydrogen-bond acceptors (Lipinski definition) is 2. The van der Waals surface area contributed by atoms with Crippen LogP contribution in [0.4, 0.5) is 0 Å². The van der Waals surface area contributed by atoms with Gasteiger partial charge in [-0.15, -0.1) is 0 Å². The van der Waals surface area contributed by atoms with Crippen molar-refractivity contribution in [2.75, 3.05) is 0 Å². The van der Waals surface area contributed by atoms with Crippen LogP contribution in [0, 0.1) is 0 Å². The van der Waals surface area contributed by atoms with Gasteiger partial charge in [-0.05, 0) is 58.5 Å². The minimum absolute atomic E-state index is 0.0437. The lowest BCUT2D eigenvalue weighted by molar-refractivity contribution is 0.464. The summed E-state index contributed by atoms with van der Waals surface area (Å²) in [7, 11) is 0. The topological polar surface area (TPSA) is 18.5 Å². The zero-order chi connectivity index (χ0) is 18.7. The Kier molecular flexibility index (Phi) is 3.35. The average Bonchev–Trinajstić information content (AvgIpc) is 2.74. The van der Waals surface area contributed by atoms with E-state index in [0.29, 0.717) is 5.02 Å². The molecule has 2 nitrogen and oxygen atoms in total. The van der Waals surface area contributed by atoms with Gasteiger partial charge in [0.05, 0.1) is 0 Å². The average molecular weight is 381 g/mol. The largest absolute Gasteiger partial charge is 0.458 e. The molecule has 0 saturated heterocycles. The van der Waals surface area contributed by atoms with Gasteiger partial charge in [0.25, 0.3) is 6.71 Å². The van der Waals surface area contributed by atoms with E-state index in [0.717, 1.165) is 44.9 Å². The van der Waals surface area contributed by atoms with Crippen molar-refractivity contribution in [3.63, 3.8) is 0 Å². The molecule has 4 heteroatoms. The third-order valence-corrected chi connectivity index (χ3v) is 5.70. The molecule has 0 saturated carbocycles. The van der Waals surface area contributed by atoms with Gasteiger partial charge in [-0.1, -0.05) is 60.1 Å². The van der Waals surface area contributed by atoms with E-state index < -0.39 is 0 Å². The third kappa shape index (κ3) is 2.30. The second-order valence-corrected chi connectivity index (χ2v) is 7.54. The van der Waals surface area contributed by atoms with Crippen molar-refractivity contribution < 1.29 is 9.47 Å². The summed E-state index contributed by atoms with van der Waals surface area (Å²) in [5.74, 6) is 3.41. The van der Waals surface area contributed by atoms with E-state index in [9.17, 15) is 0 Å². The Morgan fingerprint density at radius 3 is 2.18 bits per heavy atom. The van der Waals surface area contributed by atoms with Gasteiger partial charge in [-0.25, -0.2) is 0 Å². The van der Waals surface area contributed by atoms with Gasteiger partial charge < -0.3 is 9.47 Å². The van der Waals surface area contributed by atoms with Gasteiger partial charge in [0.15, 0.2) is 0 Å².